The van der Waals surface area contributed by atoms with Gasteiger partial charge in [0, 0.05) is 17.1 Å². The summed E-state index contributed by atoms with van der Waals surface area (Å²) in [5.74, 6) is 1.14. The molecular weight excluding hydrogens is 320 g/mol. The minimum atomic E-state index is -0.472. The first-order valence-electron chi connectivity index (χ1n) is 8.82. The predicted molar refractivity (Wildman–Crippen MR) is 101 cm³/mol. The van der Waals surface area contributed by atoms with Crippen molar-refractivity contribution in [1.29, 1.82) is 0 Å². The van der Waals surface area contributed by atoms with E-state index < -0.39 is 5.60 Å². The monoisotopic (exact) mass is 350 g/mol. The molecule has 0 saturated heterocycles. The summed E-state index contributed by atoms with van der Waals surface area (Å²) in [7, 11) is 0. The second kappa shape index (κ2) is 8.15. The molecule has 0 radical (unpaired) electrons. The first kappa shape index (κ1) is 19.0. The van der Waals surface area contributed by atoms with Gasteiger partial charge in [0.25, 0.3) is 0 Å². The number of carbonyl (C=O) groups excluding carboxylic acids is 1. The Balaban J connectivity index is 2.09. The van der Waals surface area contributed by atoms with Gasteiger partial charge in [0.2, 0.25) is 0 Å². The zero-order valence-corrected chi connectivity index (χ0v) is 16.2. The molecule has 0 atom stereocenters. The fourth-order valence-electron chi connectivity index (χ4n) is 2.82. The van der Waals surface area contributed by atoms with Gasteiger partial charge in [0.15, 0.2) is 0 Å². The van der Waals surface area contributed by atoms with E-state index in [9.17, 15) is 4.79 Å². The van der Waals surface area contributed by atoms with Crippen molar-refractivity contribution >= 4 is 23.5 Å². The third-order valence-corrected chi connectivity index (χ3v) is 5.25. The lowest BCUT2D eigenvalue weighted by Gasteiger charge is -2.32. The molecule has 0 spiro atoms. The summed E-state index contributed by atoms with van der Waals surface area (Å²) in [6, 6.07) is 4.10. The van der Waals surface area contributed by atoms with Crippen LogP contribution in [0.25, 0.3) is 0 Å². The number of hydrogen-bond donors (Lipinski definition) is 1. The molecule has 2 rings (SSSR count). The minimum Gasteiger partial charge on any atom is -0.444 e. The fraction of sp³-hybridized carbons (Fsp3) is 0.632. The van der Waals surface area contributed by atoms with Gasteiger partial charge in [-0.1, -0.05) is 19.8 Å². The van der Waals surface area contributed by atoms with Crippen LogP contribution >= 0.6 is 11.8 Å². The molecular formula is C19H30N2O2S. The first-order valence-corrected chi connectivity index (χ1v) is 9.81. The molecule has 5 heteroatoms. The quantitative estimate of drug-likeness (QED) is 0.469. The number of ether oxygens (including phenoxy) is 1. The lowest BCUT2D eigenvalue weighted by molar-refractivity contribution is 0.0224. The van der Waals surface area contributed by atoms with E-state index in [1.807, 2.05) is 38.6 Å². The van der Waals surface area contributed by atoms with E-state index in [4.69, 9.17) is 10.5 Å². The maximum atomic E-state index is 12.3. The van der Waals surface area contributed by atoms with Crippen molar-refractivity contribution in [3.63, 3.8) is 0 Å². The number of nitrogen functional groups attached to an aromatic ring is 1. The molecule has 1 aliphatic rings. The van der Waals surface area contributed by atoms with Gasteiger partial charge in [-0.15, -0.1) is 11.8 Å². The zero-order valence-electron chi connectivity index (χ0n) is 15.4. The highest BCUT2D eigenvalue weighted by molar-refractivity contribution is 7.99. The highest BCUT2D eigenvalue weighted by atomic mass is 32.2. The van der Waals surface area contributed by atoms with Gasteiger partial charge < -0.3 is 15.4 Å². The number of nitrogens with two attached hydrogens (primary N) is 1. The number of unbranched alkanes of at least 4 members (excludes halogenated alkanes) is 2. The van der Waals surface area contributed by atoms with E-state index >= 15 is 0 Å². The number of thioether (sulfide) groups is 1. The lowest BCUT2D eigenvalue weighted by atomic mass is 9.98. The van der Waals surface area contributed by atoms with Gasteiger partial charge in [0.1, 0.15) is 5.60 Å². The summed E-state index contributed by atoms with van der Waals surface area (Å²) in [4.78, 5) is 15.4. The highest BCUT2D eigenvalue weighted by Crippen LogP contribution is 2.34. The molecule has 24 heavy (non-hydrogen) atoms. The number of fused-ring (bicyclic) bond motifs is 1. The Bertz CT molecular complexity index is 581. The number of rotatable bonds is 5. The average molecular weight is 351 g/mol. The topological polar surface area (TPSA) is 55.6 Å². The third kappa shape index (κ3) is 5.07. The van der Waals surface area contributed by atoms with E-state index in [0.29, 0.717) is 13.1 Å². The van der Waals surface area contributed by atoms with Crippen LogP contribution in [-0.2, 0) is 17.7 Å². The largest absolute Gasteiger partial charge is 0.444 e. The molecule has 134 valence electrons. The summed E-state index contributed by atoms with van der Waals surface area (Å²) in [6.45, 7) is 9.13. The van der Waals surface area contributed by atoms with Crippen LogP contribution in [0.1, 0.15) is 58.1 Å². The normalized spacial score (nSPS) is 14.4. The second-order valence-corrected chi connectivity index (χ2v) is 8.45. The molecule has 0 fully saturated rings. The Morgan fingerprint density at radius 1 is 1.29 bits per heavy atom. The highest BCUT2D eigenvalue weighted by Gasteiger charge is 2.27. The number of benzene rings is 1. The van der Waals surface area contributed by atoms with Gasteiger partial charge in [0.05, 0.1) is 6.54 Å². The van der Waals surface area contributed by atoms with Crippen molar-refractivity contribution in [2.75, 3.05) is 18.0 Å². The summed E-state index contributed by atoms with van der Waals surface area (Å²) in [6.07, 6.45) is 4.34. The predicted octanol–water partition coefficient (Wildman–Crippen LogP) is 4.84. The summed E-state index contributed by atoms with van der Waals surface area (Å²) in [5, 5.41) is 0. The van der Waals surface area contributed by atoms with Gasteiger partial charge in [-0.2, -0.15) is 0 Å². The van der Waals surface area contributed by atoms with Gasteiger partial charge in [-0.25, -0.2) is 4.79 Å². The number of carbonyl (C=O) groups is 1. The van der Waals surface area contributed by atoms with Gasteiger partial charge in [-0.05, 0) is 62.6 Å². The molecule has 0 aromatic heterocycles. The fourth-order valence-corrected chi connectivity index (χ4v) is 3.95. The summed E-state index contributed by atoms with van der Waals surface area (Å²) >= 11 is 1.91. The number of nitrogens with zero attached hydrogens (tertiary/aromatic N) is 1. The SMILES string of the molecule is CCCCCSc1ccc(N)c2c1CCN(C(=O)OC(C)(C)C)C2. The Labute approximate surface area is 150 Å². The van der Waals surface area contributed by atoms with E-state index in [1.165, 1.54) is 29.7 Å². The van der Waals surface area contributed by atoms with Crippen LogP contribution in [0.2, 0.25) is 0 Å². The molecule has 1 aromatic carbocycles. The van der Waals surface area contributed by atoms with Crippen molar-refractivity contribution in [2.24, 2.45) is 0 Å². The molecule has 0 saturated carbocycles. The van der Waals surface area contributed by atoms with Crippen LogP contribution in [0, 0.1) is 0 Å². The molecule has 1 amide bonds. The Hall–Kier alpha value is -1.36. The Morgan fingerprint density at radius 3 is 2.71 bits per heavy atom. The first-order chi connectivity index (χ1) is 11.3. The lowest BCUT2D eigenvalue weighted by Crippen LogP contribution is -2.40. The standard InChI is InChI=1S/C19H30N2O2S/c1-5-6-7-12-24-17-9-8-16(20)15-13-21(11-10-14(15)17)18(22)23-19(2,3)4/h8-9H,5-7,10-13,20H2,1-4H3. The molecule has 1 heterocycles. The summed E-state index contributed by atoms with van der Waals surface area (Å²) < 4.78 is 5.50. The molecule has 1 aliphatic heterocycles. The van der Waals surface area contributed by atoms with E-state index in [1.54, 1.807) is 4.90 Å². The van der Waals surface area contributed by atoms with Crippen molar-refractivity contribution in [3.05, 3.63) is 23.3 Å². The van der Waals surface area contributed by atoms with Crippen LogP contribution in [0.5, 0.6) is 0 Å². The number of hydrogen-bond acceptors (Lipinski definition) is 4. The third-order valence-electron chi connectivity index (χ3n) is 4.06. The number of anilines is 1. The zero-order chi connectivity index (χ0) is 17.7. The average Bonchev–Trinajstić information content (AvgIpc) is 2.51. The Morgan fingerprint density at radius 2 is 2.04 bits per heavy atom. The molecule has 0 unspecified atom stereocenters. The maximum absolute atomic E-state index is 12.3. The number of amides is 1. The van der Waals surface area contributed by atoms with Crippen LogP contribution in [0.3, 0.4) is 0 Å². The van der Waals surface area contributed by atoms with Crippen LogP contribution in [0.4, 0.5) is 10.5 Å². The van der Waals surface area contributed by atoms with E-state index in [0.717, 1.165) is 23.4 Å². The van der Waals surface area contributed by atoms with E-state index in [-0.39, 0.29) is 6.09 Å². The van der Waals surface area contributed by atoms with Crippen molar-refractivity contribution in [2.45, 2.75) is 70.4 Å². The van der Waals surface area contributed by atoms with E-state index in [2.05, 4.69) is 13.0 Å². The molecule has 4 nitrogen and oxygen atoms in total. The maximum Gasteiger partial charge on any atom is 0.410 e. The molecule has 1 aromatic rings. The van der Waals surface area contributed by atoms with Gasteiger partial charge >= 0.3 is 6.09 Å². The molecule has 0 bridgehead atoms. The molecule has 0 aliphatic carbocycles. The van der Waals surface area contributed by atoms with Crippen molar-refractivity contribution in [3.8, 4) is 0 Å². The minimum absolute atomic E-state index is 0.256. The summed E-state index contributed by atoms with van der Waals surface area (Å²) in [5.41, 5.74) is 8.90. The van der Waals surface area contributed by atoms with Crippen LogP contribution < -0.4 is 5.73 Å². The van der Waals surface area contributed by atoms with Crippen molar-refractivity contribution in [1.82, 2.24) is 4.90 Å². The second-order valence-electron chi connectivity index (χ2n) is 7.32. The van der Waals surface area contributed by atoms with Crippen LogP contribution in [0.15, 0.2) is 17.0 Å². The van der Waals surface area contributed by atoms with Gasteiger partial charge in [-0.3, -0.25) is 0 Å². The molecule has 2 N–H and O–H groups in total. The van der Waals surface area contributed by atoms with Crippen molar-refractivity contribution < 1.29 is 9.53 Å². The smallest absolute Gasteiger partial charge is 0.410 e. The Kier molecular flexibility index (Phi) is 6.44. The van der Waals surface area contributed by atoms with Crippen LogP contribution in [-0.4, -0.2) is 28.9 Å².